The van der Waals surface area contributed by atoms with Gasteiger partial charge in [0.1, 0.15) is 5.82 Å². The van der Waals surface area contributed by atoms with Crippen molar-refractivity contribution in [2.24, 2.45) is 7.05 Å². The minimum absolute atomic E-state index is 0.0101. The number of nitrogens with zero attached hydrogens (tertiary/aromatic N) is 3. The number of nitro groups is 1. The first kappa shape index (κ1) is 17.9. The van der Waals surface area contributed by atoms with Gasteiger partial charge in [-0.3, -0.25) is 24.5 Å². The van der Waals surface area contributed by atoms with Crippen LogP contribution in [-0.2, 0) is 13.5 Å². The van der Waals surface area contributed by atoms with Crippen LogP contribution < -0.4 is 16.1 Å². The summed E-state index contributed by atoms with van der Waals surface area (Å²) < 4.78 is 1.07. The van der Waals surface area contributed by atoms with Crippen molar-refractivity contribution >= 4 is 11.5 Å². The number of nitro benzene ring substituents is 1. The Hall–Kier alpha value is -2.90. The normalized spacial score (nSPS) is 14.9. The van der Waals surface area contributed by atoms with Crippen LogP contribution in [0.3, 0.4) is 0 Å². The summed E-state index contributed by atoms with van der Waals surface area (Å²) in [5.74, 6) is 0.582. The van der Waals surface area contributed by atoms with Crippen LogP contribution in [0.15, 0.2) is 33.9 Å². The standard InChI is InChI=1S/C18H22N4O4/c1-20-17(23)15(12-13-6-8-14(9-7-13)22(25)26)16(19-18(20)24)21-10-4-2-3-5-11-21/h6-9H,2-5,10-12H2,1H3,(H,19,24). The molecule has 0 saturated carbocycles. The van der Waals surface area contributed by atoms with Gasteiger partial charge in [-0.25, -0.2) is 4.79 Å². The number of rotatable bonds is 4. The summed E-state index contributed by atoms with van der Waals surface area (Å²) in [6.07, 6.45) is 4.64. The summed E-state index contributed by atoms with van der Waals surface area (Å²) >= 11 is 0. The second-order valence-electron chi connectivity index (χ2n) is 6.62. The van der Waals surface area contributed by atoms with Crippen molar-refractivity contribution < 1.29 is 4.92 Å². The molecule has 26 heavy (non-hydrogen) atoms. The molecule has 8 nitrogen and oxygen atoms in total. The Kier molecular flexibility index (Phi) is 5.20. The Balaban J connectivity index is 2.01. The van der Waals surface area contributed by atoms with Crippen LogP contribution in [0.2, 0.25) is 0 Å². The molecule has 0 aliphatic carbocycles. The van der Waals surface area contributed by atoms with Crippen LogP contribution in [0.4, 0.5) is 11.5 Å². The number of benzene rings is 1. The van der Waals surface area contributed by atoms with Gasteiger partial charge in [0.25, 0.3) is 11.2 Å². The summed E-state index contributed by atoms with van der Waals surface area (Å²) in [6, 6.07) is 6.15. The Morgan fingerprint density at radius 1 is 1.08 bits per heavy atom. The zero-order valence-corrected chi connectivity index (χ0v) is 14.7. The predicted molar refractivity (Wildman–Crippen MR) is 98.9 cm³/mol. The molecule has 2 aromatic rings. The van der Waals surface area contributed by atoms with Gasteiger partial charge in [0, 0.05) is 38.7 Å². The maximum Gasteiger partial charge on any atom is 0.329 e. The zero-order chi connectivity index (χ0) is 18.7. The molecule has 1 N–H and O–H groups in total. The van der Waals surface area contributed by atoms with Crippen molar-refractivity contribution in [1.82, 2.24) is 9.55 Å². The maximum atomic E-state index is 12.7. The molecule has 2 heterocycles. The molecule has 1 saturated heterocycles. The quantitative estimate of drug-likeness (QED) is 0.665. The number of nitrogens with one attached hydrogen (secondary N) is 1. The van der Waals surface area contributed by atoms with E-state index in [1.54, 1.807) is 12.1 Å². The van der Waals surface area contributed by atoms with E-state index in [1.807, 2.05) is 0 Å². The van der Waals surface area contributed by atoms with Crippen molar-refractivity contribution in [1.29, 1.82) is 0 Å². The Labute approximate surface area is 150 Å². The van der Waals surface area contributed by atoms with E-state index in [4.69, 9.17) is 0 Å². The van der Waals surface area contributed by atoms with Crippen LogP contribution in [-0.4, -0.2) is 27.6 Å². The van der Waals surface area contributed by atoms with Crippen molar-refractivity contribution in [3.63, 3.8) is 0 Å². The van der Waals surface area contributed by atoms with Crippen LogP contribution in [0.5, 0.6) is 0 Å². The fourth-order valence-electron chi connectivity index (χ4n) is 3.32. The van der Waals surface area contributed by atoms with Crippen LogP contribution >= 0.6 is 0 Å². The zero-order valence-electron chi connectivity index (χ0n) is 14.7. The fraction of sp³-hybridized carbons (Fsp3) is 0.444. The van der Waals surface area contributed by atoms with Gasteiger partial charge in [-0.2, -0.15) is 0 Å². The van der Waals surface area contributed by atoms with Crippen LogP contribution in [0, 0.1) is 10.1 Å². The van der Waals surface area contributed by atoms with Crippen LogP contribution in [0.1, 0.15) is 36.8 Å². The molecule has 0 atom stereocenters. The average Bonchev–Trinajstić information content (AvgIpc) is 2.92. The second kappa shape index (κ2) is 7.55. The Bertz CT molecular complexity index is 906. The molecule has 1 aromatic carbocycles. The maximum absolute atomic E-state index is 12.7. The molecule has 0 radical (unpaired) electrons. The number of aromatic amines is 1. The third kappa shape index (κ3) is 3.68. The van der Waals surface area contributed by atoms with Crippen molar-refractivity contribution in [2.45, 2.75) is 32.1 Å². The monoisotopic (exact) mass is 358 g/mol. The molecule has 0 unspecified atom stereocenters. The van der Waals surface area contributed by atoms with Gasteiger partial charge < -0.3 is 4.90 Å². The van der Waals surface area contributed by atoms with Gasteiger partial charge >= 0.3 is 5.69 Å². The molecular formula is C18H22N4O4. The largest absolute Gasteiger partial charge is 0.358 e. The smallest absolute Gasteiger partial charge is 0.329 e. The number of H-pyrrole nitrogens is 1. The van der Waals surface area contributed by atoms with Crippen LogP contribution in [0.25, 0.3) is 0 Å². The lowest BCUT2D eigenvalue weighted by Crippen LogP contribution is -2.39. The van der Waals surface area contributed by atoms with E-state index in [9.17, 15) is 19.7 Å². The Morgan fingerprint density at radius 2 is 1.69 bits per heavy atom. The third-order valence-corrected chi connectivity index (χ3v) is 4.83. The van der Waals surface area contributed by atoms with E-state index in [0.717, 1.165) is 48.9 Å². The molecule has 1 aromatic heterocycles. The number of non-ortho nitro benzene ring substituents is 1. The summed E-state index contributed by atoms with van der Waals surface area (Å²) in [4.78, 5) is 40.1. The molecule has 0 amide bonds. The highest BCUT2D eigenvalue weighted by atomic mass is 16.6. The lowest BCUT2D eigenvalue weighted by atomic mass is 10.1. The fourth-order valence-corrected chi connectivity index (χ4v) is 3.32. The minimum Gasteiger partial charge on any atom is -0.358 e. The molecule has 1 aliphatic heterocycles. The van der Waals surface area contributed by atoms with Crippen molar-refractivity contribution in [3.05, 3.63) is 66.3 Å². The molecule has 0 bridgehead atoms. The lowest BCUT2D eigenvalue weighted by Gasteiger charge is -2.24. The van der Waals surface area contributed by atoms with Gasteiger partial charge in [-0.1, -0.05) is 25.0 Å². The van der Waals surface area contributed by atoms with Gasteiger partial charge in [-0.15, -0.1) is 0 Å². The number of hydrogen-bond acceptors (Lipinski definition) is 5. The Morgan fingerprint density at radius 3 is 2.27 bits per heavy atom. The SMILES string of the molecule is Cn1c(=O)[nH]c(N2CCCCCC2)c(Cc2ccc([N+](=O)[O-])cc2)c1=O. The van der Waals surface area contributed by atoms with E-state index in [-0.39, 0.29) is 11.2 Å². The van der Waals surface area contributed by atoms with Gasteiger partial charge in [0.15, 0.2) is 0 Å². The minimum atomic E-state index is -0.453. The van der Waals surface area contributed by atoms with E-state index >= 15 is 0 Å². The average molecular weight is 358 g/mol. The van der Waals surface area contributed by atoms with E-state index in [1.165, 1.54) is 19.2 Å². The van der Waals surface area contributed by atoms with Gasteiger partial charge in [-0.05, 0) is 18.4 Å². The molecular weight excluding hydrogens is 336 g/mol. The molecule has 138 valence electrons. The summed E-state index contributed by atoms with van der Waals surface area (Å²) in [5.41, 5.74) is 0.558. The molecule has 3 rings (SSSR count). The molecule has 0 spiro atoms. The van der Waals surface area contributed by atoms with E-state index in [0.29, 0.717) is 17.8 Å². The highest BCUT2D eigenvalue weighted by molar-refractivity contribution is 5.48. The molecule has 8 heteroatoms. The van der Waals surface area contributed by atoms with E-state index < -0.39 is 10.6 Å². The highest BCUT2D eigenvalue weighted by Crippen LogP contribution is 2.21. The number of aromatic nitrogens is 2. The lowest BCUT2D eigenvalue weighted by molar-refractivity contribution is -0.384. The molecule has 1 aliphatic rings. The topological polar surface area (TPSA) is 101 Å². The van der Waals surface area contributed by atoms with Gasteiger partial charge in [0.2, 0.25) is 0 Å². The third-order valence-electron chi connectivity index (χ3n) is 4.83. The summed E-state index contributed by atoms with van der Waals surface area (Å²) in [7, 11) is 1.45. The second-order valence-corrected chi connectivity index (χ2v) is 6.62. The summed E-state index contributed by atoms with van der Waals surface area (Å²) in [6.45, 7) is 1.60. The van der Waals surface area contributed by atoms with Crippen molar-refractivity contribution in [2.75, 3.05) is 18.0 Å². The van der Waals surface area contributed by atoms with Crippen molar-refractivity contribution in [3.8, 4) is 0 Å². The first-order valence-corrected chi connectivity index (χ1v) is 8.78. The number of hydrogen-bond donors (Lipinski definition) is 1. The predicted octanol–water partition coefficient (Wildman–Crippen LogP) is 1.95. The number of anilines is 1. The highest BCUT2D eigenvalue weighted by Gasteiger charge is 2.19. The first-order valence-electron chi connectivity index (χ1n) is 8.78. The molecule has 1 fully saturated rings. The first-order chi connectivity index (χ1) is 12.5. The van der Waals surface area contributed by atoms with Gasteiger partial charge in [0.05, 0.1) is 10.5 Å². The summed E-state index contributed by atoms with van der Waals surface area (Å²) in [5, 5.41) is 10.8. The van der Waals surface area contributed by atoms with E-state index in [2.05, 4.69) is 9.88 Å².